The van der Waals surface area contributed by atoms with Crippen LogP contribution < -0.4 is 0 Å². The maximum atomic E-state index is 2.66. The third-order valence-electron chi connectivity index (χ3n) is 3.95. The lowest BCUT2D eigenvalue weighted by atomic mass is 10.1. The van der Waals surface area contributed by atoms with E-state index in [2.05, 4.69) is 34.6 Å². The average Bonchev–Trinajstić information content (AvgIpc) is 2.90. The predicted molar refractivity (Wildman–Crippen MR) is 70.2 cm³/mol. The summed E-state index contributed by atoms with van der Waals surface area (Å²) in [5, 5.41) is 0. The van der Waals surface area contributed by atoms with Gasteiger partial charge >= 0.3 is 0 Å². The fourth-order valence-corrected chi connectivity index (χ4v) is 4.29. The Morgan fingerprint density at radius 3 is 2.88 bits per heavy atom. The number of fused-ring (bicyclic) bond motifs is 1. The summed E-state index contributed by atoms with van der Waals surface area (Å²) in [5.74, 6) is 2.16. The van der Waals surface area contributed by atoms with E-state index in [1.165, 1.54) is 37.8 Å². The van der Waals surface area contributed by atoms with E-state index >= 15 is 0 Å². The molecule has 2 aliphatic rings. The Morgan fingerprint density at radius 2 is 2.00 bits per heavy atom. The van der Waals surface area contributed by atoms with Gasteiger partial charge in [0.15, 0.2) is 0 Å². The second-order valence-corrected chi connectivity index (χ2v) is 5.96. The summed E-state index contributed by atoms with van der Waals surface area (Å²) in [6, 6.07) is 11.7. The van der Waals surface area contributed by atoms with Crippen LogP contribution in [0.3, 0.4) is 0 Å². The van der Waals surface area contributed by atoms with E-state index in [0.717, 1.165) is 17.7 Å². The average molecular weight is 233 g/mol. The fourth-order valence-electron chi connectivity index (χ4n) is 3.08. The number of hydrogen-bond donors (Lipinski definition) is 0. The first-order valence-electron chi connectivity index (χ1n) is 6.37. The van der Waals surface area contributed by atoms with Crippen molar-refractivity contribution in [1.82, 2.24) is 4.31 Å². The maximum Gasteiger partial charge on any atom is 0.0332 e. The Kier molecular flexibility index (Phi) is 3.20. The molecule has 86 valence electrons. The zero-order valence-electron chi connectivity index (χ0n) is 9.64. The predicted octanol–water partition coefficient (Wildman–Crippen LogP) is 3.71. The van der Waals surface area contributed by atoms with Crippen LogP contribution in [0.5, 0.6) is 0 Å². The van der Waals surface area contributed by atoms with Crippen LogP contribution in [-0.2, 0) is 5.75 Å². The summed E-state index contributed by atoms with van der Waals surface area (Å²) in [5.41, 5.74) is 1.45. The molecule has 2 atom stereocenters. The molecular weight excluding hydrogens is 214 g/mol. The molecule has 1 aromatic rings. The van der Waals surface area contributed by atoms with Gasteiger partial charge < -0.3 is 0 Å². The van der Waals surface area contributed by atoms with Crippen LogP contribution >= 0.6 is 11.9 Å². The molecule has 1 saturated heterocycles. The third-order valence-corrected chi connectivity index (χ3v) is 5.20. The van der Waals surface area contributed by atoms with E-state index in [-0.39, 0.29) is 0 Å². The highest BCUT2D eigenvalue weighted by atomic mass is 32.2. The number of benzene rings is 1. The van der Waals surface area contributed by atoms with Gasteiger partial charge in [0.25, 0.3) is 0 Å². The first kappa shape index (κ1) is 10.7. The summed E-state index contributed by atoms with van der Waals surface area (Å²) in [7, 11) is 0. The summed E-state index contributed by atoms with van der Waals surface area (Å²) in [6.07, 6.45) is 5.81. The summed E-state index contributed by atoms with van der Waals surface area (Å²) < 4.78 is 2.66. The van der Waals surface area contributed by atoms with Gasteiger partial charge in [-0.3, -0.25) is 0 Å². The Morgan fingerprint density at radius 1 is 1.12 bits per heavy atom. The summed E-state index contributed by atoms with van der Waals surface area (Å²) in [4.78, 5) is 0. The number of nitrogens with zero attached hydrogens (tertiary/aromatic N) is 1. The molecule has 2 heteroatoms. The molecule has 1 aliphatic heterocycles. The van der Waals surface area contributed by atoms with E-state index in [9.17, 15) is 0 Å². The maximum absolute atomic E-state index is 2.66. The van der Waals surface area contributed by atoms with Crippen LogP contribution in [0.4, 0.5) is 0 Å². The van der Waals surface area contributed by atoms with Gasteiger partial charge in [0.2, 0.25) is 0 Å². The van der Waals surface area contributed by atoms with Crippen molar-refractivity contribution in [1.29, 1.82) is 0 Å². The van der Waals surface area contributed by atoms with Gasteiger partial charge in [0, 0.05) is 18.3 Å². The molecular formula is C14H19NS. The molecule has 1 saturated carbocycles. The van der Waals surface area contributed by atoms with Crippen LogP contribution in [-0.4, -0.2) is 16.9 Å². The van der Waals surface area contributed by atoms with Crippen molar-refractivity contribution in [2.45, 2.75) is 37.5 Å². The van der Waals surface area contributed by atoms with Crippen molar-refractivity contribution in [3.05, 3.63) is 35.9 Å². The van der Waals surface area contributed by atoms with Crippen molar-refractivity contribution in [3.8, 4) is 0 Å². The normalized spacial score (nSPS) is 29.5. The zero-order chi connectivity index (χ0) is 10.8. The lowest BCUT2D eigenvalue weighted by molar-refractivity contribution is 0.405. The van der Waals surface area contributed by atoms with Crippen LogP contribution in [0.15, 0.2) is 30.3 Å². The standard InChI is InChI=1S/C14H19NS/c1-2-5-12(6-3-1)11-16-15-10-9-13-7-4-8-14(13)15/h1-3,5-6,13-14H,4,7-11H2. The van der Waals surface area contributed by atoms with Crippen LogP contribution in [0.2, 0.25) is 0 Å². The van der Waals surface area contributed by atoms with Crippen molar-refractivity contribution >= 4 is 11.9 Å². The Hall–Kier alpha value is -0.470. The van der Waals surface area contributed by atoms with Crippen molar-refractivity contribution in [2.24, 2.45) is 5.92 Å². The van der Waals surface area contributed by atoms with E-state index in [4.69, 9.17) is 0 Å². The van der Waals surface area contributed by atoms with Gasteiger partial charge in [-0.15, -0.1) is 0 Å². The lowest BCUT2D eigenvalue weighted by Gasteiger charge is -2.22. The molecule has 16 heavy (non-hydrogen) atoms. The minimum absolute atomic E-state index is 0.897. The lowest BCUT2D eigenvalue weighted by Crippen LogP contribution is -2.23. The second-order valence-electron chi connectivity index (χ2n) is 4.95. The molecule has 3 rings (SSSR count). The van der Waals surface area contributed by atoms with E-state index < -0.39 is 0 Å². The van der Waals surface area contributed by atoms with Gasteiger partial charge in [-0.2, -0.15) is 0 Å². The summed E-state index contributed by atoms with van der Waals surface area (Å²) in [6.45, 7) is 1.31. The van der Waals surface area contributed by atoms with Crippen LogP contribution in [0.25, 0.3) is 0 Å². The number of rotatable bonds is 3. The van der Waals surface area contributed by atoms with E-state index in [1.807, 2.05) is 11.9 Å². The molecule has 2 unspecified atom stereocenters. The molecule has 0 spiro atoms. The molecule has 0 bridgehead atoms. The Labute approximate surface area is 102 Å². The second kappa shape index (κ2) is 4.80. The molecule has 1 nitrogen and oxygen atoms in total. The van der Waals surface area contributed by atoms with Crippen LogP contribution in [0, 0.1) is 5.92 Å². The van der Waals surface area contributed by atoms with Gasteiger partial charge in [0.05, 0.1) is 0 Å². The Bertz CT molecular complexity index is 338. The molecule has 1 aliphatic carbocycles. The summed E-state index contributed by atoms with van der Waals surface area (Å²) >= 11 is 2.05. The highest BCUT2D eigenvalue weighted by molar-refractivity contribution is 7.96. The quantitative estimate of drug-likeness (QED) is 0.732. The molecule has 0 aromatic heterocycles. The number of hydrogen-bond acceptors (Lipinski definition) is 2. The topological polar surface area (TPSA) is 3.24 Å². The third kappa shape index (κ3) is 2.14. The van der Waals surface area contributed by atoms with Crippen LogP contribution in [0.1, 0.15) is 31.2 Å². The largest absolute Gasteiger partial charge is 0.247 e. The molecule has 0 N–H and O–H groups in total. The van der Waals surface area contributed by atoms with E-state index in [1.54, 1.807) is 0 Å². The molecule has 1 heterocycles. The molecule has 0 amide bonds. The van der Waals surface area contributed by atoms with Gasteiger partial charge in [-0.05, 0) is 30.7 Å². The zero-order valence-corrected chi connectivity index (χ0v) is 10.5. The SMILES string of the molecule is c1ccc(CSN2CCC3CCCC32)cc1. The van der Waals surface area contributed by atoms with Crippen molar-refractivity contribution in [2.75, 3.05) is 6.54 Å². The smallest absolute Gasteiger partial charge is 0.0332 e. The fraction of sp³-hybridized carbons (Fsp3) is 0.571. The van der Waals surface area contributed by atoms with Crippen molar-refractivity contribution in [3.63, 3.8) is 0 Å². The van der Waals surface area contributed by atoms with Gasteiger partial charge in [-0.25, -0.2) is 4.31 Å². The molecule has 2 fully saturated rings. The minimum atomic E-state index is 0.897. The first-order chi connectivity index (χ1) is 7.93. The minimum Gasteiger partial charge on any atom is -0.247 e. The van der Waals surface area contributed by atoms with Gasteiger partial charge in [0.1, 0.15) is 0 Å². The van der Waals surface area contributed by atoms with Gasteiger partial charge in [-0.1, -0.05) is 48.7 Å². The monoisotopic (exact) mass is 233 g/mol. The Balaban J connectivity index is 1.56. The molecule has 0 radical (unpaired) electrons. The van der Waals surface area contributed by atoms with E-state index in [0.29, 0.717) is 0 Å². The first-order valence-corrected chi connectivity index (χ1v) is 7.31. The highest BCUT2D eigenvalue weighted by Crippen LogP contribution is 2.41. The van der Waals surface area contributed by atoms with Crippen molar-refractivity contribution < 1.29 is 0 Å². The highest BCUT2D eigenvalue weighted by Gasteiger charge is 2.37. The molecule has 1 aromatic carbocycles.